The number of ketones is 1. The van der Waals surface area contributed by atoms with E-state index in [1.165, 1.54) is 6.92 Å². The summed E-state index contributed by atoms with van der Waals surface area (Å²) in [7, 11) is -3.76. The van der Waals surface area contributed by atoms with Crippen molar-refractivity contribution in [1.82, 2.24) is 0 Å². The predicted molar refractivity (Wildman–Crippen MR) is 94.1 cm³/mol. The van der Waals surface area contributed by atoms with E-state index in [2.05, 4.69) is 0 Å². The lowest BCUT2D eigenvalue weighted by molar-refractivity contribution is -0.156. The molecular formula is C17H33O6P. The largest absolute Gasteiger partial charge is 0.459 e. The van der Waals surface area contributed by atoms with Gasteiger partial charge in [0.15, 0.2) is 5.66 Å². The highest BCUT2D eigenvalue weighted by molar-refractivity contribution is 7.55. The molecule has 0 rings (SSSR count). The Bertz CT molecular complexity index is 456. The fourth-order valence-corrected chi connectivity index (χ4v) is 4.85. The first-order chi connectivity index (χ1) is 10.9. The first-order valence-electron chi connectivity index (χ1n) is 8.49. The molecule has 24 heavy (non-hydrogen) atoms. The Kier molecular flexibility index (Phi) is 9.40. The van der Waals surface area contributed by atoms with E-state index in [0.717, 1.165) is 0 Å². The number of carbonyl (C=O) groups excluding carboxylic acids is 2. The molecule has 0 aromatic heterocycles. The molecule has 0 aliphatic rings. The van der Waals surface area contributed by atoms with Crippen LogP contribution in [0.1, 0.15) is 61.8 Å². The number of rotatable bonds is 10. The maximum atomic E-state index is 13.3. The smallest absolute Gasteiger partial charge is 0.345 e. The molecular weight excluding hydrogens is 331 g/mol. The van der Waals surface area contributed by atoms with Gasteiger partial charge in [0.05, 0.1) is 13.2 Å². The van der Waals surface area contributed by atoms with Crippen LogP contribution in [0.25, 0.3) is 0 Å². The molecule has 0 radical (unpaired) electrons. The normalized spacial score (nSPS) is 15.2. The molecule has 0 bridgehead atoms. The van der Waals surface area contributed by atoms with Crippen LogP contribution in [0.3, 0.4) is 0 Å². The number of carbonyl (C=O) groups is 2. The average molecular weight is 364 g/mol. The molecule has 0 N–H and O–H groups in total. The van der Waals surface area contributed by atoms with Crippen molar-refractivity contribution in [2.24, 2.45) is 11.8 Å². The van der Waals surface area contributed by atoms with Gasteiger partial charge in [-0.3, -0.25) is 9.36 Å². The fourth-order valence-electron chi connectivity index (χ4n) is 2.50. The van der Waals surface area contributed by atoms with Gasteiger partial charge in [-0.05, 0) is 53.4 Å². The van der Waals surface area contributed by atoms with Crippen LogP contribution in [0.4, 0.5) is 0 Å². The third-order valence-electron chi connectivity index (χ3n) is 3.39. The summed E-state index contributed by atoms with van der Waals surface area (Å²) in [5, 5.41) is 0. The van der Waals surface area contributed by atoms with Gasteiger partial charge in [0.25, 0.3) is 0 Å². The summed E-state index contributed by atoms with van der Waals surface area (Å²) in [6.45, 7) is 14.1. The molecule has 0 amide bonds. The van der Waals surface area contributed by atoms with Gasteiger partial charge in [-0.2, -0.15) is 0 Å². The standard InChI is InChI=1S/C17H33O6P/c1-9-21-24(20,22-10-2)15(16(19)23-17(6,7)8)14(12(3)4)11-13(5)18/h12,14-15H,9-11H2,1-8H3. The first-order valence-corrected chi connectivity index (χ1v) is 10.1. The van der Waals surface area contributed by atoms with Gasteiger partial charge >= 0.3 is 13.6 Å². The van der Waals surface area contributed by atoms with Crippen molar-refractivity contribution in [2.45, 2.75) is 73.1 Å². The lowest BCUT2D eigenvalue weighted by Crippen LogP contribution is -2.40. The van der Waals surface area contributed by atoms with E-state index in [-0.39, 0.29) is 31.3 Å². The minimum absolute atomic E-state index is 0.0688. The van der Waals surface area contributed by atoms with E-state index in [1.807, 2.05) is 13.8 Å². The van der Waals surface area contributed by atoms with Gasteiger partial charge < -0.3 is 18.6 Å². The Hall–Kier alpha value is -0.710. The Morgan fingerprint density at radius 3 is 1.79 bits per heavy atom. The van der Waals surface area contributed by atoms with Crippen LogP contribution >= 0.6 is 7.60 Å². The monoisotopic (exact) mass is 364 g/mol. The highest BCUT2D eigenvalue weighted by Crippen LogP contribution is 2.57. The topological polar surface area (TPSA) is 78.9 Å². The Morgan fingerprint density at radius 2 is 1.50 bits per heavy atom. The average Bonchev–Trinajstić information content (AvgIpc) is 2.35. The van der Waals surface area contributed by atoms with Gasteiger partial charge in [0.2, 0.25) is 0 Å². The molecule has 0 aliphatic carbocycles. The van der Waals surface area contributed by atoms with Crippen LogP contribution in [-0.4, -0.2) is 36.2 Å². The Balaban J connectivity index is 5.99. The first kappa shape index (κ1) is 23.3. The van der Waals surface area contributed by atoms with Crippen molar-refractivity contribution in [2.75, 3.05) is 13.2 Å². The number of hydrogen-bond donors (Lipinski definition) is 0. The number of hydrogen-bond acceptors (Lipinski definition) is 6. The molecule has 0 aromatic carbocycles. The summed E-state index contributed by atoms with van der Waals surface area (Å²) in [6.07, 6.45) is 0.117. The molecule has 6 nitrogen and oxygen atoms in total. The Labute approximate surface area is 146 Å². The van der Waals surface area contributed by atoms with Crippen LogP contribution in [0.15, 0.2) is 0 Å². The molecule has 142 valence electrons. The summed E-state index contributed by atoms with van der Waals surface area (Å²) in [5.41, 5.74) is -1.86. The second-order valence-electron chi connectivity index (χ2n) is 7.17. The van der Waals surface area contributed by atoms with Gasteiger partial charge in [-0.1, -0.05) is 13.8 Å². The molecule has 0 heterocycles. The van der Waals surface area contributed by atoms with Gasteiger partial charge in [0, 0.05) is 6.42 Å². The van der Waals surface area contributed by atoms with Crippen molar-refractivity contribution in [3.8, 4) is 0 Å². The molecule has 0 saturated carbocycles. The van der Waals surface area contributed by atoms with Crippen molar-refractivity contribution < 1.29 is 27.9 Å². The van der Waals surface area contributed by atoms with Crippen molar-refractivity contribution in [1.29, 1.82) is 0 Å². The molecule has 0 saturated heterocycles. The summed E-state index contributed by atoms with van der Waals surface area (Å²) in [6, 6.07) is 0. The molecule has 2 atom stereocenters. The zero-order valence-electron chi connectivity index (χ0n) is 16.3. The van der Waals surface area contributed by atoms with E-state index in [1.54, 1.807) is 34.6 Å². The van der Waals surface area contributed by atoms with Crippen molar-refractivity contribution in [3.05, 3.63) is 0 Å². The molecule has 2 unspecified atom stereocenters. The lowest BCUT2D eigenvalue weighted by Gasteiger charge is -2.34. The van der Waals surface area contributed by atoms with Crippen molar-refractivity contribution in [3.63, 3.8) is 0 Å². The minimum atomic E-state index is -3.76. The fraction of sp³-hybridized carbons (Fsp3) is 0.882. The minimum Gasteiger partial charge on any atom is -0.459 e. The van der Waals surface area contributed by atoms with E-state index in [9.17, 15) is 14.2 Å². The van der Waals surface area contributed by atoms with Gasteiger partial charge in [-0.25, -0.2) is 0 Å². The third kappa shape index (κ3) is 7.45. The quantitative estimate of drug-likeness (QED) is 0.427. The highest BCUT2D eigenvalue weighted by atomic mass is 31.2. The molecule has 0 spiro atoms. The predicted octanol–water partition coefficient (Wildman–Crippen LogP) is 4.21. The number of ether oxygens (including phenoxy) is 1. The van der Waals surface area contributed by atoms with Gasteiger partial charge in [-0.15, -0.1) is 0 Å². The maximum Gasteiger partial charge on any atom is 0.345 e. The van der Waals surface area contributed by atoms with Crippen LogP contribution in [0.5, 0.6) is 0 Å². The molecule has 0 fully saturated rings. The van der Waals surface area contributed by atoms with Crippen molar-refractivity contribution >= 4 is 19.3 Å². The zero-order valence-corrected chi connectivity index (χ0v) is 17.1. The number of Topliss-reactive ketones (excluding diaryl/α,β-unsaturated/α-hetero) is 1. The maximum absolute atomic E-state index is 13.3. The van der Waals surface area contributed by atoms with Gasteiger partial charge in [0.1, 0.15) is 11.4 Å². The second kappa shape index (κ2) is 9.69. The Morgan fingerprint density at radius 1 is 1.04 bits per heavy atom. The van der Waals surface area contributed by atoms with E-state index in [0.29, 0.717) is 0 Å². The second-order valence-corrected chi connectivity index (χ2v) is 9.32. The summed E-state index contributed by atoms with van der Waals surface area (Å²) >= 11 is 0. The lowest BCUT2D eigenvalue weighted by atomic mass is 9.87. The zero-order chi connectivity index (χ0) is 19.1. The SMILES string of the molecule is CCOP(=O)(OCC)C(C(=O)OC(C)(C)C)C(CC(C)=O)C(C)C. The molecule has 0 aliphatic heterocycles. The summed E-state index contributed by atoms with van der Waals surface area (Å²) < 4.78 is 29.6. The van der Waals surface area contributed by atoms with Crippen LogP contribution in [0.2, 0.25) is 0 Å². The highest BCUT2D eigenvalue weighted by Gasteiger charge is 2.49. The summed E-state index contributed by atoms with van der Waals surface area (Å²) in [5.74, 6) is -1.28. The van der Waals surface area contributed by atoms with Crippen LogP contribution < -0.4 is 0 Å². The van der Waals surface area contributed by atoms with E-state index < -0.39 is 30.7 Å². The van der Waals surface area contributed by atoms with Crippen LogP contribution in [-0.2, 0) is 27.9 Å². The number of esters is 1. The third-order valence-corrected chi connectivity index (χ3v) is 5.90. The molecule has 7 heteroatoms. The van der Waals surface area contributed by atoms with E-state index in [4.69, 9.17) is 13.8 Å². The molecule has 0 aromatic rings. The van der Waals surface area contributed by atoms with Crippen LogP contribution in [0, 0.1) is 11.8 Å². The van der Waals surface area contributed by atoms with E-state index >= 15 is 0 Å². The summed E-state index contributed by atoms with van der Waals surface area (Å²) in [4.78, 5) is 24.5.